The number of halogens is 3. The first-order chi connectivity index (χ1) is 19.2. The lowest BCUT2D eigenvalue weighted by molar-refractivity contribution is -0.125. The van der Waals surface area contributed by atoms with Crippen molar-refractivity contribution in [2.45, 2.75) is 62.3 Å². The van der Waals surface area contributed by atoms with E-state index in [1.165, 1.54) is 18.2 Å². The zero-order chi connectivity index (χ0) is 28.6. The zero-order valence-corrected chi connectivity index (χ0v) is 21.5. The second kappa shape index (κ2) is 11.2. The van der Waals surface area contributed by atoms with Crippen molar-refractivity contribution in [2.24, 2.45) is 5.73 Å². The van der Waals surface area contributed by atoms with Gasteiger partial charge in [-0.05, 0) is 80.0 Å². The third-order valence-electron chi connectivity index (χ3n) is 8.08. The van der Waals surface area contributed by atoms with Crippen LogP contribution in [0, 0.1) is 28.8 Å². The number of carbonyl (C=O) groups is 3. The van der Waals surface area contributed by atoms with E-state index >= 15 is 0 Å². The number of hydrogen-bond acceptors (Lipinski definition) is 6. The van der Waals surface area contributed by atoms with E-state index in [2.05, 4.69) is 11.4 Å². The van der Waals surface area contributed by atoms with Crippen molar-refractivity contribution in [2.75, 3.05) is 13.1 Å². The van der Waals surface area contributed by atoms with Gasteiger partial charge in [-0.25, -0.2) is 27.7 Å². The van der Waals surface area contributed by atoms with Crippen molar-refractivity contribution in [1.29, 1.82) is 5.26 Å². The monoisotopic (exact) mass is 555 g/mol. The number of benzene rings is 2. The molecule has 2 aromatic carbocycles. The summed E-state index contributed by atoms with van der Waals surface area (Å²) in [6, 6.07) is 6.44. The van der Waals surface area contributed by atoms with Crippen molar-refractivity contribution < 1.29 is 32.3 Å². The Labute approximate surface area is 228 Å². The molecule has 3 aliphatic rings. The van der Waals surface area contributed by atoms with Crippen LogP contribution in [0.1, 0.15) is 60.8 Å². The number of rotatable bonds is 5. The van der Waals surface area contributed by atoms with Gasteiger partial charge in [0.05, 0.1) is 11.6 Å². The lowest BCUT2D eigenvalue weighted by Gasteiger charge is -2.42. The number of nitrogens with zero attached hydrogens (tertiary/aromatic N) is 3. The van der Waals surface area contributed by atoms with Crippen LogP contribution < -0.4 is 11.1 Å². The van der Waals surface area contributed by atoms with Crippen LogP contribution >= 0.6 is 0 Å². The summed E-state index contributed by atoms with van der Waals surface area (Å²) in [6.45, 7) is 1.14. The Kier molecular flexibility index (Phi) is 7.67. The fourth-order valence-corrected chi connectivity index (χ4v) is 6.17. The largest absolute Gasteiger partial charge is 0.433 e. The Morgan fingerprint density at radius 1 is 1.02 bits per heavy atom. The van der Waals surface area contributed by atoms with Gasteiger partial charge in [0.25, 0.3) is 5.91 Å². The molecule has 9 nitrogen and oxygen atoms in total. The number of nitriles is 1. The molecule has 2 heterocycles. The standard InChI is InChI=1S/C28H28F3N5O4/c29-18-4-7-21(17(11-18)13-32)15-1-5-19(6-2-15)35(20-9-10-34-14-20)27(38)36-24(25(26(33)37)40-28(36)39)16-3-8-22(30)23(31)12-16/h3-4,7-8,11-12,15,19-20,24-25,34H,1-2,5-6,9-10,14H2,(H2,33,37)/t15?,19?,20-,24+,25-/m1/s1. The Morgan fingerprint density at radius 3 is 2.40 bits per heavy atom. The summed E-state index contributed by atoms with van der Waals surface area (Å²) in [5.74, 6) is -3.85. The first-order valence-electron chi connectivity index (χ1n) is 13.2. The molecule has 2 saturated heterocycles. The molecule has 40 heavy (non-hydrogen) atoms. The van der Waals surface area contributed by atoms with Gasteiger partial charge in [-0.2, -0.15) is 5.26 Å². The number of nitrogens with one attached hydrogen (secondary N) is 1. The van der Waals surface area contributed by atoms with E-state index in [9.17, 15) is 32.8 Å². The van der Waals surface area contributed by atoms with Crippen molar-refractivity contribution >= 4 is 18.0 Å². The van der Waals surface area contributed by atoms with E-state index in [4.69, 9.17) is 10.5 Å². The molecule has 2 aromatic rings. The molecule has 210 valence electrons. The van der Waals surface area contributed by atoms with Crippen molar-refractivity contribution in [3.8, 4) is 6.07 Å². The number of hydrogen-bond donors (Lipinski definition) is 2. The van der Waals surface area contributed by atoms with Gasteiger partial charge in [-0.3, -0.25) is 4.79 Å². The highest BCUT2D eigenvalue weighted by Gasteiger charge is 2.52. The number of urea groups is 1. The van der Waals surface area contributed by atoms with Crippen molar-refractivity contribution in [3.05, 3.63) is 70.5 Å². The summed E-state index contributed by atoms with van der Waals surface area (Å²) >= 11 is 0. The predicted molar refractivity (Wildman–Crippen MR) is 135 cm³/mol. The fourth-order valence-electron chi connectivity index (χ4n) is 6.17. The van der Waals surface area contributed by atoms with E-state index < -0.39 is 47.6 Å². The summed E-state index contributed by atoms with van der Waals surface area (Å²) in [5.41, 5.74) is 6.51. The Balaban J connectivity index is 1.43. The van der Waals surface area contributed by atoms with Crippen molar-refractivity contribution in [3.63, 3.8) is 0 Å². The third kappa shape index (κ3) is 5.09. The molecule has 0 unspecified atom stereocenters. The molecule has 5 rings (SSSR count). The smallest absolute Gasteiger partial charge is 0.419 e. The summed E-state index contributed by atoms with van der Waals surface area (Å²) in [7, 11) is 0. The van der Waals surface area contributed by atoms with Crippen LogP contribution in [0.25, 0.3) is 0 Å². The molecule has 12 heteroatoms. The minimum atomic E-state index is -1.58. The molecule has 3 atom stereocenters. The van der Waals surface area contributed by atoms with Gasteiger partial charge in [0.2, 0.25) is 6.10 Å². The first kappa shape index (κ1) is 27.5. The van der Waals surface area contributed by atoms with Crippen LogP contribution in [-0.2, 0) is 9.53 Å². The van der Waals surface area contributed by atoms with E-state index in [-0.39, 0.29) is 29.1 Å². The zero-order valence-electron chi connectivity index (χ0n) is 21.5. The van der Waals surface area contributed by atoms with Crippen LogP contribution in [0.5, 0.6) is 0 Å². The summed E-state index contributed by atoms with van der Waals surface area (Å²) in [5, 5.41) is 12.7. The Morgan fingerprint density at radius 2 is 1.77 bits per heavy atom. The molecule has 0 radical (unpaired) electrons. The molecular weight excluding hydrogens is 527 g/mol. The van der Waals surface area contributed by atoms with Crippen LogP contribution in [0.15, 0.2) is 36.4 Å². The van der Waals surface area contributed by atoms with Crippen LogP contribution in [-0.4, -0.2) is 59.1 Å². The second-order valence-electron chi connectivity index (χ2n) is 10.4. The molecule has 4 amide bonds. The van der Waals surface area contributed by atoms with Crippen LogP contribution in [0.3, 0.4) is 0 Å². The quantitative estimate of drug-likeness (QED) is 0.577. The third-order valence-corrected chi connectivity index (χ3v) is 8.08. The average Bonchev–Trinajstić information content (AvgIpc) is 3.59. The van der Waals surface area contributed by atoms with Crippen LogP contribution in [0.4, 0.5) is 22.8 Å². The van der Waals surface area contributed by atoms with E-state index in [1.807, 2.05) is 0 Å². The molecule has 2 aliphatic heterocycles. The normalized spacial score (nSPS) is 26.3. The molecule has 1 aliphatic carbocycles. The molecular formula is C28H28F3N5O4. The van der Waals surface area contributed by atoms with E-state index in [1.54, 1.807) is 11.0 Å². The van der Waals surface area contributed by atoms with Gasteiger partial charge in [-0.1, -0.05) is 12.1 Å². The molecule has 0 bridgehead atoms. The fraction of sp³-hybridized carbons (Fsp3) is 0.429. The topological polar surface area (TPSA) is 129 Å². The number of imide groups is 1. The lowest BCUT2D eigenvalue weighted by Crippen LogP contribution is -2.55. The molecule has 0 spiro atoms. The van der Waals surface area contributed by atoms with Gasteiger partial charge < -0.3 is 20.7 Å². The molecule has 1 saturated carbocycles. The maximum atomic E-state index is 14.2. The Bertz CT molecular complexity index is 1370. The SMILES string of the molecule is N#Cc1cc(F)ccc1C1CCC(N(C(=O)N2C(=O)O[C@@H](C(N)=O)[C@@H]2c2ccc(F)c(F)c2)[C@@H]2CCNC2)CC1. The first-order valence-corrected chi connectivity index (χ1v) is 13.2. The second-order valence-corrected chi connectivity index (χ2v) is 10.4. The summed E-state index contributed by atoms with van der Waals surface area (Å²) < 4.78 is 46.7. The number of carbonyl (C=O) groups excluding carboxylic acids is 3. The highest BCUT2D eigenvalue weighted by Crippen LogP contribution is 2.40. The number of nitrogens with two attached hydrogens (primary N) is 1. The van der Waals surface area contributed by atoms with Gasteiger partial charge in [-0.15, -0.1) is 0 Å². The number of amides is 4. The Hall–Kier alpha value is -4.11. The maximum absolute atomic E-state index is 14.2. The predicted octanol–water partition coefficient (Wildman–Crippen LogP) is 3.83. The van der Waals surface area contributed by atoms with Crippen LogP contribution in [0.2, 0.25) is 0 Å². The van der Waals surface area contributed by atoms with Gasteiger partial charge >= 0.3 is 12.1 Å². The maximum Gasteiger partial charge on any atom is 0.419 e. The van der Waals surface area contributed by atoms with Gasteiger partial charge in [0.1, 0.15) is 11.9 Å². The number of cyclic esters (lactones) is 1. The van der Waals surface area contributed by atoms with Gasteiger partial charge in [0, 0.05) is 18.6 Å². The minimum absolute atomic E-state index is 0.00362. The molecule has 3 fully saturated rings. The number of primary amides is 1. The lowest BCUT2D eigenvalue weighted by atomic mass is 9.79. The van der Waals surface area contributed by atoms with E-state index in [0.29, 0.717) is 45.2 Å². The number of ether oxygens (including phenoxy) is 1. The molecule has 3 N–H and O–H groups in total. The van der Waals surface area contributed by atoms with Gasteiger partial charge in [0.15, 0.2) is 11.6 Å². The van der Waals surface area contributed by atoms with Crippen molar-refractivity contribution in [1.82, 2.24) is 15.1 Å². The highest BCUT2D eigenvalue weighted by atomic mass is 19.2. The average molecular weight is 556 g/mol. The highest BCUT2D eigenvalue weighted by molar-refractivity contribution is 5.97. The summed E-state index contributed by atoms with van der Waals surface area (Å²) in [6.07, 6.45) is 0.285. The molecule has 0 aromatic heterocycles. The van der Waals surface area contributed by atoms with E-state index in [0.717, 1.165) is 22.6 Å². The summed E-state index contributed by atoms with van der Waals surface area (Å²) in [4.78, 5) is 41.8. The minimum Gasteiger partial charge on any atom is -0.433 e.